The number of likely N-dealkylation sites (tertiary alicyclic amines) is 1. The summed E-state index contributed by atoms with van der Waals surface area (Å²) in [5, 5.41) is 3.26. The number of esters is 1. The van der Waals surface area contributed by atoms with Crippen LogP contribution in [0.25, 0.3) is 0 Å². The molecule has 5 nitrogen and oxygen atoms in total. The largest absolute Gasteiger partial charge is 0.467 e. The molecule has 2 rings (SSSR count). The van der Waals surface area contributed by atoms with Gasteiger partial charge in [0.25, 0.3) is 0 Å². The van der Waals surface area contributed by atoms with Crippen molar-refractivity contribution in [1.82, 2.24) is 10.2 Å². The average Bonchev–Trinajstić information content (AvgIpc) is 2.90. The normalized spacial score (nSPS) is 28.2. The minimum Gasteiger partial charge on any atom is -0.467 e. The molecule has 0 saturated carbocycles. The van der Waals surface area contributed by atoms with Gasteiger partial charge in [0.2, 0.25) is 5.91 Å². The molecule has 2 saturated heterocycles. The first-order chi connectivity index (χ1) is 8.72. The molecule has 2 fully saturated rings. The minimum atomic E-state index is -0.356. The maximum atomic E-state index is 12.3. The average molecular weight is 254 g/mol. The molecule has 2 unspecified atom stereocenters. The van der Waals surface area contributed by atoms with Gasteiger partial charge in [0, 0.05) is 13.0 Å². The molecule has 5 heteroatoms. The Kier molecular flexibility index (Phi) is 4.58. The van der Waals surface area contributed by atoms with E-state index in [4.69, 9.17) is 4.74 Å². The smallest absolute Gasteiger partial charge is 0.328 e. The van der Waals surface area contributed by atoms with Gasteiger partial charge in [-0.05, 0) is 44.7 Å². The third kappa shape index (κ3) is 3.02. The Balaban J connectivity index is 1.94. The SMILES string of the molecule is COC(=O)C1CCCCN1C(=O)CC1CCNC1. The Bertz CT molecular complexity index is 313. The molecule has 1 N–H and O–H groups in total. The van der Waals surface area contributed by atoms with Gasteiger partial charge in [0.1, 0.15) is 6.04 Å². The van der Waals surface area contributed by atoms with E-state index in [0.717, 1.165) is 38.8 Å². The molecule has 2 aliphatic heterocycles. The fourth-order valence-corrected chi connectivity index (χ4v) is 2.86. The summed E-state index contributed by atoms with van der Waals surface area (Å²) in [7, 11) is 1.39. The summed E-state index contributed by atoms with van der Waals surface area (Å²) in [6.07, 6.45) is 4.33. The van der Waals surface area contributed by atoms with Crippen molar-refractivity contribution in [1.29, 1.82) is 0 Å². The van der Waals surface area contributed by atoms with Crippen molar-refractivity contribution in [2.45, 2.75) is 38.1 Å². The maximum absolute atomic E-state index is 12.3. The van der Waals surface area contributed by atoms with Crippen LogP contribution in [-0.4, -0.2) is 49.6 Å². The molecule has 0 bridgehead atoms. The second kappa shape index (κ2) is 6.18. The van der Waals surface area contributed by atoms with Gasteiger partial charge in [-0.3, -0.25) is 4.79 Å². The first kappa shape index (κ1) is 13.3. The van der Waals surface area contributed by atoms with Crippen molar-refractivity contribution in [2.24, 2.45) is 5.92 Å². The topological polar surface area (TPSA) is 58.6 Å². The van der Waals surface area contributed by atoms with Gasteiger partial charge in [-0.1, -0.05) is 0 Å². The fourth-order valence-electron chi connectivity index (χ4n) is 2.86. The third-order valence-corrected chi connectivity index (χ3v) is 3.92. The van der Waals surface area contributed by atoms with Crippen LogP contribution in [0.5, 0.6) is 0 Å². The van der Waals surface area contributed by atoms with E-state index in [1.54, 1.807) is 4.90 Å². The molecule has 18 heavy (non-hydrogen) atoms. The van der Waals surface area contributed by atoms with E-state index in [2.05, 4.69) is 5.32 Å². The second-order valence-electron chi connectivity index (χ2n) is 5.18. The van der Waals surface area contributed by atoms with E-state index in [9.17, 15) is 9.59 Å². The number of rotatable bonds is 3. The number of carbonyl (C=O) groups is 2. The van der Waals surface area contributed by atoms with Crippen LogP contribution >= 0.6 is 0 Å². The van der Waals surface area contributed by atoms with E-state index in [-0.39, 0.29) is 17.9 Å². The summed E-state index contributed by atoms with van der Waals surface area (Å²) in [5.41, 5.74) is 0. The highest BCUT2D eigenvalue weighted by Gasteiger charge is 2.33. The lowest BCUT2D eigenvalue weighted by atomic mass is 9.99. The molecule has 0 spiro atoms. The van der Waals surface area contributed by atoms with Gasteiger partial charge >= 0.3 is 5.97 Å². The molecule has 0 aliphatic carbocycles. The van der Waals surface area contributed by atoms with Crippen molar-refractivity contribution in [2.75, 3.05) is 26.7 Å². The Morgan fingerprint density at radius 2 is 2.17 bits per heavy atom. The van der Waals surface area contributed by atoms with Gasteiger partial charge in [0.15, 0.2) is 0 Å². The second-order valence-corrected chi connectivity index (χ2v) is 5.18. The van der Waals surface area contributed by atoms with Crippen molar-refractivity contribution < 1.29 is 14.3 Å². The number of hydrogen-bond acceptors (Lipinski definition) is 4. The highest BCUT2D eigenvalue weighted by molar-refractivity contribution is 5.84. The number of nitrogens with zero attached hydrogens (tertiary/aromatic N) is 1. The first-order valence-corrected chi connectivity index (χ1v) is 6.80. The lowest BCUT2D eigenvalue weighted by Gasteiger charge is -2.34. The van der Waals surface area contributed by atoms with Crippen LogP contribution in [0.1, 0.15) is 32.1 Å². The van der Waals surface area contributed by atoms with Gasteiger partial charge < -0.3 is 15.0 Å². The Morgan fingerprint density at radius 1 is 1.33 bits per heavy atom. The van der Waals surface area contributed by atoms with Gasteiger partial charge in [-0.15, -0.1) is 0 Å². The molecule has 2 aliphatic rings. The number of carbonyl (C=O) groups excluding carboxylic acids is 2. The Labute approximate surface area is 108 Å². The molecule has 0 radical (unpaired) electrons. The number of piperidine rings is 1. The Hall–Kier alpha value is -1.10. The zero-order valence-corrected chi connectivity index (χ0v) is 11.0. The lowest BCUT2D eigenvalue weighted by molar-refractivity contribution is -0.155. The van der Waals surface area contributed by atoms with Gasteiger partial charge in [-0.25, -0.2) is 4.79 Å². The van der Waals surface area contributed by atoms with E-state index in [0.29, 0.717) is 18.9 Å². The fraction of sp³-hybridized carbons (Fsp3) is 0.846. The number of ether oxygens (including phenoxy) is 1. The van der Waals surface area contributed by atoms with Crippen LogP contribution in [0.15, 0.2) is 0 Å². The summed E-state index contributed by atoms with van der Waals surface area (Å²) in [5.74, 6) is 0.268. The highest BCUT2D eigenvalue weighted by atomic mass is 16.5. The van der Waals surface area contributed by atoms with Crippen molar-refractivity contribution >= 4 is 11.9 Å². The predicted octanol–water partition coefficient (Wildman–Crippen LogP) is 0.540. The number of nitrogens with one attached hydrogen (secondary N) is 1. The lowest BCUT2D eigenvalue weighted by Crippen LogP contribution is -2.48. The monoisotopic (exact) mass is 254 g/mol. The summed E-state index contributed by atoms with van der Waals surface area (Å²) < 4.78 is 4.79. The standard InChI is InChI=1S/C13H22N2O3/c1-18-13(17)11-4-2-3-7-15(11)12(16)8-10-5-6-14-9-10/h10-11,14H,2-9H2,1H3. The van der Waals surface area contributed by atoms with E-state index < -0.39 is 0 Å². The molecule has 1 amide bonds. The van der Waals surface area contributed by atoms with Crippen LogP contribution in [0.3, 0.4) is 0 Å². The summed E-state index contributed by atoms with van der Waals surface area (Å²) in [6.45, 7) is 2.61. The summed E-state index contributed by atoms with van der Waals surface area (Å²) in [4.78, 5) is 25.7. The Morgan fingerprint density at radius 3 is 2.83 bits per heavy atom. The van der Waals surface area contributed by atoms with Crippen LogP contribution in [-0.2, 0) is 14.3 Å². The van der Waals surface area contributed by atoms with E-state index >= 15 is 0 Å². The zero-order chi connectivity index (χ0) is 13.0. The van der Waals surface area contributed by atoms with Crippen molar-refractivity contribution in [3.63, 3.8) is 0 Å². The summed E-state index contributed by atoms with van der Waals surface area (Å²) >= 11 is 0. The molecule has 2 heterocycles. The van der Waals surface area contributed by atoms with E-state index in [1.807, 2.05) is 0 Å². The van der Waals surface area contributed by atoms with Crippen LogP contribution in [0.2, 0.25) is 0 Å². The quantitative estimate of drug-likeness (QED) is 0.747. The third-order valence-electron chi connectivity index (χ3n) is 3.92. The molecule has 0 aromatic rings. The van der Waals surface area contributed by atoms with E-state index in [1.165, 1.54) is 7.11 Å². The maximum Gasteiger partial charge on any atom is 0.328 e. The van der Waals surface area contributed by atoms with Crippen LogP contribution in [0, 0.1) is 5.92 Å². The number of amides is 1. The molecule has 0 aromatic carbocycles. The van der Waals surface area contributed by atoms with Gasteiger partial charge in [0.05, 0.1) is 7.11 Å². The van der Waals surface area contributed by atoms with Crippen LogP contribution in [0.4, 0.5) is 0 Å². The summed E-state index contributed by atoms with van der Waals surface area (Å²) in [6, 6.07) is -0.356. The molecule has 2 atom stereocenters. The molecule has 102 valence electrons. The van der Waals surface area contributed by atoms with Crippen molar-refractivity contribution in [3.8, 4) is 0 Å². The van der Waals surface area contributed by atoms with Crippen LogP contribution < -0.4 is 5.32 Å². The van der Waals surface area contributed by atoms with Crippen molar-refractivity contribution in [3.05, 3.63) is 0 Å². The highest BCUT2D eigenvalue weighted by Crippen LogP contribution is 2.21. The molecule has 0 aromatic heterocycles. The molecular formula is C13H22N2O3. The van der Waals surface area contributed by atoms with Gasteiger partial charge in [-0.2, -0.15) is 0 Å². The minimum absolute atomic E-state index is 0.110. The zero-order valence-electron chi connectivity index (χ0n) is 11.0. The number of hydrogen-bond donors (Lipinski definition) is 1. The first-order valence-electron chi connectivity index (χ1n) is 6.80. The molecular weight excluding hydrogens is 232 g/mol. The predicted molar refractivity (Wildman–Crippen MR) is 67.0 cm³/mol. The number of methoxy groups -OCH3 is 1.